The monoisotopic (exact) mass is 207 g/mol. The number of benzene rings is 1. The Labute approximate surface area is 85.9 Å². The predicted octanol–water partition coefficient (Wildman–Crippen LogP) is 1.66. The van der Waals surface area contributed by atoms with Crippen LogP contribution < -0.4 is 5.73 Å². The summed E-state index contributed by atoms with van der Waals surface area (Å²) in [6, 6.07) is 7.00. The number of hydrogen-bond acceptors (Lipinski definition) is 4. The molecule has 0 spiro atoms. The van der Waals surface area contributed by atoms with Gasteiger partial charge in [0.25, 0.3) is 0 Å². The zero-order valence-electron chi connectivity index (χ0n) is 7.98. The Bertz CT molecular complexity index is 455. The van der Waals surface area contributed by atoms with E-state index in [2.05, 4.69) is 10.1 Å². The van der Waals surface area contributed by atoms with E-state index in [-0.39, 0.29) is 6.54 Å². The van der Waals surface area contributed by atoms with Gasteiger partial charge < -0.3 is 10.3 Å². The third-order valence-electron chi connectivity index (χ3n) is 2.04. The first kappa shape index (κ1) is 9.79. The van der Waals surface area contributed by atoms with Gasteiger partial charge >= 0.3 is 0 Å². The highest BCUT2D eigenvalue weighted by molar-refractivity contribution is 5.59. The van der Waals surface area contributed by atoms with Crippen molar-refractivity contribution in [1.29, 1.82) is 0 Å². The molecule has 1 aromatic carbocycles. The highest BCUT2D eigenvalue weighted by atomic mass is 19.1. The van der Waals surface area contributed by atoms with Crippen LogP contribution in [0.25, 0.3) is 11.4 Å². The van der Waals surface area contributed by atoms with Crippen LogP contribution in [0.4, 0.5) is 4.39 Å². The van der Waals surface area contributed by atoms with Gasteiger partial charge in [-0.3, -0.25) is 0 Å². The average Bonchev–Trinajstić information content (AvgIpc) is 2.77. The smallest absolute Gasteiger partial charge is 0.240 e. The van der Waals surface area contributed by atoms with Crippen molar-refractivity contribution in [2.75, 3.05) is 0 Å². The maximum Gasteiger partial charge on any atom is 0.240 e. The van der Waals surface area contributed by atoms with Crippen molar-refractivity contribution in [3.63, 3.8) is 0 Å². The van der Waals surface area contributed by atoms with Crippen LogP contribution in [0, 0.1) is 0 Å². The van der Waals surface area contributed by atoms with Crippen molar-refractivity contribution in [2.45, 2.75) is 13.2 Å². The lowest BCUT2D eigenvalue weighted by Crippen LogP contribution is -1.96. The van der Waals surface area contributed by atoms with Crippen LogP contribution in [0.5, 0.6) is 0 Å². The Morgan fingerprint density at radius 1 is 1.33 bits per heavy atom. The van der Waals surface area contributed by atoms with Crippen molar-refractivity contribution in [2.24, 2.45) is 5.73 Å². The van der Waals surface area contributed by atoms with E-state index in [1.165, 1.54) is 0 Å². The lowest BCUT2D eigenvalue weighted by atomic mass is 10.1. The topological polar surface area (TPSA) is 64.9 Å². The Morgan fingerprint density at radius 2 is 2.13 bits per heavy atom. The van der Waals surface area contributed by atoms with E-state index >= 15 is 0 Å². The zero-order valence-corrected chi connectivity index (χ0v) is 7.98. The highest BCUT2D eigenvalue weighted by Gasteiger charge is 2.10. The van der Waals surface area contributed by atoms with Gasteiger partial charge in [-0.25, -0.2) is 4.39 Å². The minimum atomic E-state index is -0.553. The van der Waals surface area contributed by atoms with Gasteiger partial charge in [-0.05, 0) is 5.56 Å². The van der Waals surface area contributed by atoms with Gasteiger partial charge in [0.05, 0.1) is 6.54 Å². The molecular weight excluding hydrogens is 197 g/mol. The van der Waals surface area contributed by atoms with Crippen molar-refractivity contribution in [1.82, 2.24) is 10.1 Å². The second-order valence-corrected chi connectivity index (χ2v) is 3.01. The van der Waals surface area contributed by atoms with Gasteiger partial charge in [0.2, 0.25) is 11.7 Å². The number of rotatable bonds is 3. The van der Waals surface area contributed by atoms with Gasteiger partial charge in [-0.15, -0.1) is 0 Å². The normalized spacial score (nSPS) is 10.5. The molecule has 0 radical (unpaired) electrons. The van der Waals surface area contributed by atoms with E-state index in [9.17, 15) is 4.39 Å². The van der Waals surface area contributed by atoms with Crippen LogP contribution >= 0.6 is 0 Å². The molecule has 0 aliphatic rings. The van der Waals surface area contributed by atoms with Gasteiger partial charge in [0.15, 0.2) is 0 Å². The van der Waals surface area contributed by atoms with Gasteiger partial charge in [0.1, 0.15) is 6.67 Å². The summed E-state index contributed by atoms with van der Waals surface area (Å²) in [6.45, 7) is -0.368. The van der Waals surface area contributed by atoms with Crippen LogP contribution in [-0.2, 0) is 13.2 Å². The van der Waals surface area contributed by atoms with E-state index in [4.69, 9.17) is 10.3 Å². The van der Waals surface area contributed by atoms with Crippen LogP contribution in [0.3, 0.4) is 0 Å². The summed E-state index contributed by atoms with van der Waals surface area (Å²) >= 11 is 0. The first-order valence-corrected chi connectivity index (χ1v) is 4.52. The first-order chi connectivity index (χ1) is 7.35. The Morgan fingerprint density at radius 3 is 2.80 bits per heavy atom. The van der Waals surface area contributed by atoms with Crippen LogP contribution in [0.15, 0.2) is 28.8 Å². The maximum atomic E-state index is 12.6. The number of nitrogens with zero attached hydrogens (tertiary/aromatic N) is 2. The minimum absolute atomic E-state index is 0.185. The molecule has 0 bridgehead atoms. The molecule has 0 fully saturated rings. The molecule has 5 heteroatoms. The number of alkyl halides is 1. The van der Waals surface area contributed by atoms with Crippen molar-refractivity contribution >= 4 is 0 Å². The summed E-state index contributed by atoms with van der Waals surface area (Å²) < 4.78 is 17.5. The zero-order chi connectivity index (χ0) is 10.7. The largest absolute Gasteiger partial charge is 0.338 e. The third-order valence-corrected chi connectivity index (χ3v) is 2.04. The molecule has 0 aliphatic carbocycles. The fourth-order valence-corrected chi connectivity index (χ4v) is 1.30. The molecular formula is C10H10FN3O. The number of hydrogen-bond donors (Lipinski definition) is 1. The van der Waals surface area contributed by atoms with Crippen LogP contribution in [0.1, 0.15) is 11.5 Å². The van der Waals surface area contributed by atoms with Gasteiger partial charge in [0, 0.05) is 5.56 Å². The van der Waals surface area contributed by atoms with Crippen LogP contribution in [-0.4, -0.2) is 10.1 Å². The molecule has 0 unspecified atom stereocenters. The van der Waals surface area contributed by atoms with E-state index in [0.29, 0.717) is 22.8 Å². The molecule has 4 nitrogen and oxygen atoms in total. The van der Waals surface area contributed by atoms with E-state index in [1.54, 1.807) is 24.3 Å². The minimum Gasteiger partial charge on any atom is -0.338 e. The fourth-order valence-electron chi connectivity index (χ4n) is 1.30. The maximum absolute atomic E-state index is 12.6. The summed E-state index contributed by atoms with van der Waals surface area (Å²) in [6.07, 6.45) is 0. The molecule has 2 rings (SSSR count). The van der Waals surface area contributed by atoms with Gasteiger partial charge in [-0.2, -0.15) is 4.98 Å². The Balaban J connectivity index is 2.44. The molecule has 2 N–H and O–H groups in total. The Hall–Kier alpha value is -1.75. The molecule has 0 saturated heterocycles. The summed E-state index contributed by atoms with van der Waals surface area (Å²) in [5.41, 5.74) is 6.53. The molecule has 0 atom stereocenters. The van der Waals surface area contributed by atoms with Crippen molar-refractivity contribution in [3.8, 4) is 11.4 Å². The fraction of sp³-hybridized carbons (Fsp3) is 0.200. The average molecular weight is 207 g/mol. The lowest BCUT2D eigenvalue weighted by molar-refractivity contribution is 0.380. The number of halogens is 1. The van der Waals surface area contributed by atoms with E-state index < -0.39 is 6.67 Å². The predicted molar refractivity (Wildman–Crippen MR) is 52.4 cm³/mol. The standard InChI is InChI=1S/C10H10FN3O/c11-5-7-3-1-2-4-8(7)10-13-9(6-12)15-14-10/h1-4H,5-6,12H2. The summed E-state index contributed by atoms with van der Waals surface area (Å²) in [5.74, 6) is 0.724. The van der Waals surface area contributed by atoms with Crippen molar-refractivity contribution < 1.29 is 8.91 Å². The van der Waals surface area contributed by atoms with Crippen molar-refractivity contribution in [3.05, 3.63) is 35.7 Å². The second-order valence-electron chi connectivity index (χ2n) is 3.01. The number of aromatic nitrogens is 2. The SMILES string of the molecule is NCc1nc(-c2ccccc2CF)no1. The molecule has 2 aromatic rings. The first-order valence-electron chi connectivity index (χ1n) is 4.52. The number of nitrogens with two attached hydrogens (primary N) is 1. The quantitative estimate of drug-likeness (QED) is 0.831. The molecule has 0 amide bonds. The molecule has 0 aliphatic heterocycles. The summed E-state index contributed by atoms with van der Waals surface area (Å²) in [4.78, 5) is 4.04. The molecule has 78 valence electrons. The molecule has 0 saturated carbocycles. The third kappa shape index (κ3) is 1.87. The summed E-state index contributed by atoms with van der Waals surface area (Å²) in [5, 5.41) is 3.73. The van der Waals surface area contributed by atoms with E-state index in [0.717, 1.165) is 0 Å². The van der Waals surface area contributed by atoms with Crippen LogP contribution in [0.2, 0.25) is 0 Å². The highest BCUT2D eigenvalue weighted by Crippen LogP contribution is 2.21. The van der Waals surface area contributed by atoms with Gasteiger partial charge in [-0.1, -0.05) is 29.4 Å². The molecule has 15 heavy (non-hydrogen) atoms. The second kappa shape index (κ2) is 4.18. The lowest BCUT2D eigenvalue weighted by Gasteiger charge is -1.99. The molecule has 1 heterocycles. The Kier molecular flexibility index (Phi) is 2.73. The summed E-state index contributed by atoms with van der Waals surface area (Å²) in [7, 11) is 0. The molecule has 1 aromatic heterocycles. The van der Waals surface area contributed by atoms with E-state index in [1.807, 2.05) is 0 Å².